The summed E-state index contributed by atoms with van der Waals surface area (Å²) in [6.45, 7) is 0.242. The summed E-state index contributed by atoms with van der Waals surface area (Å²) in [6, 6.07) is 7.93. The Kier molecular flexibility index (Phi) is 4.67. The fraction of sp³-hybridized carbons (Fsp3) is 0.316. The molecule has 1 aliphatic heterocycles. The normalized spacial score (nSPS) is 25.8. The Morgan fingerprint density at radius 1 is 1.32 bits per heavy atom. The van der Waals surface area contributed by atoms with Gasteiger partial charge in [0, 0.05) is 28.4 Å². The average molecular weight is 424 g/mol. The van der Waals surface area contributed by atoms with Gasteiger partial charge >= 0.3 is 6.09 Å². The maximum atomic E-state index is 15.9. The molecule has 9 heteroatoms. The monoisotopic (exact) mass is 423 g/mol. The number of carbonyl (C=O) groups is 2. The molecule has 2 aromatic rings. The molecule has 0 saturated carbocycles. The lowest BCUT2D eigenvalue weighted by atomic mass is 9.74. The van der Waals surface area contributed by atoms with E-state index in [1.54, 1.807) is 24.3 Å². The third-order valence-corrected chi connectivity index (χ3v) is 5.75. The van der Waals surface area contributed by atoms with Crippen molar-refractivity contribution in [3.8, 4) is 0 Å². The molecule has 0 radical (unpaired) electrons. The predicted octanol–water partition coefficient (Wildman–Crippen LogP) is 3.60. The summed E-state index contributed by atoms with van der Waals surface area (Å²) in [5.74, 6) is -0.792. The number of hydrogen-bond acceptors (Lipinski definition) is 4. The van der Waals surface area contributed by atoms with Crippen molar-refractivity contribution in [1.82, 2.24) is 15.6 Å². The molecule has 1 spiro atoms. The second-order valence-electron chi connectivity index (χ2n) is 6.86. The summed E-state index contributed by atoms with van der Waals surface area (Å²) >= 11 is 12.0. The van der Waals surface area contributed by atoms with E-state index in [-0.39, 0.29) is 37.2 Å². The van der Waals surface area contributed by atoms with Gasteiger partial charge in [-0.15, -0.1) is 0 Å². The highest BCUT2D eigenvalue weighted by atomic mass is 35.5. The van der Waals surface area contributed by atoms with Crippen LogP contribution in [0.1, 0.15) is 29.7 Å². The molecule has 6 nitrogen and oxygen atoms in total. The first-order chi connectivity index (χ1) is 13.3. The van der Waals surface area contributed by atoms with E-state index in [0.717, 1.165) is 0 Å². The molecule has 0 unspecified atom stereocenters. The van der Waals surface area contributed by atoms with E-state index in [1.165, 1.54) is 12.3 Å². The molecule has 2 atom stereocenters. The fourth-order valence-corrected chi connectivity index (χ4v) is 4.14. The number of ether oxygens (including phenoxy) is 1. The molecule has 28 heavy (non-hydrogen) atoms. The van der Waals surface area contributed by atoms with Gasteiger partial charge in [0.2, 0.25) is 5.67 Å². The number of hydrogen-bond donors (Lipinski definition) is 2. The van der Waals surface area contributed by atoms with Crippen molar-refractivity contribution < 1.29 is 18.7 Å². The van der Waals surface area contributed by atoms with Crippen LogP contribution in [0.3, 0.4) is 0 Å². The number of carbonyl (C=O) groups excluding carboxylic acids is 2. The molecule has 1 aromatic heterocycles. The summed E-state index contributed by atoms with van der Waals surface area (Å²) in [7, 11) is 0. The topological polar surface area (TPSA) is 80.3 Å². The van der Waals surface area contributed by atoms with Crippen molar-refractivity contribution in [3.05, 3.63) is 63.4 Å². The molecule has 1 saturated heterocycles. The zero-order valence-corrected chi connectivity index (χ0v) is 16.1. The summed E-state index contributed by atoms with van der Waals surface area (Å²) in [5, 5.41) is 6.05. The lowest BCUT2D eigenvalue weighted by Crippen LogP contribution is -2.49. The Morgan fingerprint density at radius 3 is 2.86 bits per heavy atom. The minimum atomic E-state index is -2.29. The molecule has 2 heterocycles. The SMILES string of the molecule is O=C1NC[C@]2(CC[C@@](F)(C(=O)NCc3ccc(Cl)cc3Cl)c3cccnc32)O1. The Labute approximate surface area is 170 Å². The number of halogens is 3. The third-order valence-electron chi connectivity index (χ3n) is 5.16. The Hall–Kier alpha value is -2.38. The third kappa shape index (κ3) is 3.08. The number of alkyl carbamates (subject to hydrolysis) is 1. The van der Waals surface area contributed by atoms with Gasteiger partial charge in [-0.25, -0.2) is 9.18 Å². The van der Waals surface area contributed by atoms with Crippen molar-refractivity contribution >= 4 is 35.2 Å². The zero-order chi connectivity index (χ0) is 19.9. The van der Waals surface area contributed by atoms with Gasteiger partial charge in [-0.3, -0.25) is 9.78 Å². The summed E-state index contributed by atoms with van der Waals surface area (Å²) in [6.07, 6.45) is 0.913. The molecule has 1 aliphatic carbocycles. The number of alkyl halides is 1. The first kappa shape index (κ1) is 19.0. The molecule has 146 valence electrons. The van der Waals surface area contributed by atoms with Crippen LogP contribution in [0.5, 0.6) is 0 Å². The number of benzene rings is 1. The first-order valence-electron chi connectivity index (χ1n) is 8.68. The van der Waals surface area contributed by atoms with E-state index < -0.39 is 23.3 Å². The van der Waals surface area contributed by atoms with E-state index in [0.29, 0.717) is 15.6 Å². The highest BCUT2D eigenvalue weighted by molar-refractivity contribution is 6.35. The van der Waals surface area contributed by atoms with Crippen molar-refractivity contribution in [3.63, 3.8) is 0 Å². The lowest BCUT2D eigenvalue weighted by Gasteiger charge is -2.38. The zero-order valence-electron chi connectivity index (χ0n) is 14.6. The van der Waals surface area contributed by atoms with Crippen molar-refractivity contribution in [2.75, 3.05) is 6.54 Å². The number of nitrogens with zero attached hydrogens (tertiary/aromatic N) is 1. The van der Waals surface area contributed by atoms with Crippen LogP contribution >= 0.6 is 23.2 Å². The van der Waals surface area contributed by atoms with Crippen LogP contribution in [0, 0.1) is 0 Å². The number of rotatable bonds is 3. The van der Waals surface area contributed by atoms with Gasteiger partial charge in [-0.05, 0) is 36.6 Å². The molecular formula is C19H16Cl2FN3O3. The molecule has 1 fully saturated rings. The van der Waals surface area contributed by atoms with E-state index >= 15 is 4.39 Å². The van der Waals surface area contributed by atoms with Gasteiger partial charge in [0.05, 0.1) is 12.2 Å². The Bertz CT molecular complexity index is 973. The molecular weight excluding hydrogens is 408 g/mol. The highest BCUT2D eigenvalue weighted by Crippen LogP contribution is 2.48. The van der Waals surface area contributed by atoms with Gasteiger partial charge in [0.1, 0.15) is 0 Å². The average Bonchev–Trinajstić information content (AvgIpc) is 3.06. The molecule has 0 bridgehead atoms. The number of pyridine rings is 1. The first-order valence-corrected chi connectivity index (χ1v) is 9.44. The largest absolute Gasteiger partial charge is 0.434 e. The molecule has 2 amide bonds. The van der Waals surface area contributed by atoms with Crippen LogP contribution in [-0.2, 0) is 27.3 Å². The molecule has 2 aliphatic rings. The molecule has 2 N–H and O–H groups in total. The van der Waals surface area contributed by atoms with Crippen LogP contribution < -0.4 is 10.6 Å². The number of amides is 2. The van der Waals surface area contributed by atoms with Gasteiger partial charge in [0.15, 0.2) is 5.60 Å². The Morgan fingerprint density at radius 2 is 2.14 bits per heavy atom. The maximum Gasteiger partial charge on any atom is 0.408 e. The second-order valence-corrected chi connectivity index (χ2v) is 7.70. The van der Waals surface area contributed by atoms with Gasteiger partial charge in [-0.1, -0.05) is 35.3 Å². The fourth-order valence-electron chi connectivity index (χ4n) is 3.67. The van der Waals surface area contributed by atoms with Crippen molar-refractivity contribution in [2.45, 2.75) is 30.7 Å². The standard InChI is InChI=1S/C19H16Cl2FN3O3/c20-12-4-3-11(14(21)8-12)9-24-16(26)19(22)6-5-18(10-25-17(27)28-18)15-13(19)2-1-7-23-15/h1-4,7-8H,5-6,9-10H2,(H,24,26)(H,25,27)/t18-,19-/m0/s1. The summed E-state index contributed by atoms with van der Waals surface area (Å²) in [4.78, 5) is 28.6. The van der Waals surface area contributed by atoms with Gasteiger partial charge in [0.25, 0.3) is 5.91 Å². The van der Waals surface area contributed by atoms with Crippen molar-refractivity contribution in [1.29, 1.82) is 0 Å². The number of nitrogens with one attached hydrogen (secondary N) is 2. The number of aromatic nitrogens is 1. The van der Waals surface area contributed by atoms with Crippen LogP contribution in [0.4, 0.5) is 9.18 Å². The summed E-state index contributed by atoms with van der Waals surface area (Å²) in [5.41, 5.74) is -2.35. The van der Waals surface area contributed by atoms with E-state index in [4.69, 9.17) is 27.9 Å². The van der Waals surface area contributed by atoms with Crippen LogP contribution in [0.15, 0.2) is 36.5 Å². The minimum absolute atomic E-state index is 0.0534. The van der Waals surface area contributed by atoms with Crippen LogP contribution in [0.2, 0.25) is 10.0 Å². The lowest BCUT2D eigenvalue weighted by molar-refractivity contribution is -0.136. The van der Waals surface area contributed by atoms with E-state index in [2.05, 4.69) is 15.6 Å². The smallest absolute Gasteiger partial charge is 0.408 e. The van der Waals surface area contributed by atoms with E-state index in [1.807, 2.05) is 0 Å². The van der Waals surface area contributed by atoms with Crippen LogP contribution in [-0.4, -0.2) is 23.5 Å². The van der Waals surface area contributed by atoms with Gasteiger partial charge in [-0.2, -0.15) is 0 Å². The molecule has 4 rings (SSSR count). The summed E-state index contributed by atoms with van der Waals surface area (Å²) < 4.78 is 21.3. The minimum Gasteiger partial charge on any atom is -0.434 e. The quantitative estimate of drug-likeness (QED) is 0.789. The second kappa shape index (κ2) is 6.90. The maximum absolute atomic E-state index is 15.9. The highest BCUT2D eigenvalue weighted by Gasteiger charge is 2.56. The molecule has 1 aromatic carbocycles. The van der Waals surface area contributed by atoms with Gasteiger partial charge < -0.3 is 15.4 Å². The predicted molar refractivity (Wildman–Crippen MR) is 101 cm³/mol. The van der Waals surface area contributed by atoms with Crippen molar-refractivity contribution in [2.24, 2.45) is 0 Å². The number of fused-ring (bicyclic) bond motifs is 2. The Balaban J connectivity index is 1.60. The van der Waals surface area contributed by atoms with E-state index in [9.17, 15) is 9.59 Å². The van der Waals surface area contributed by atoms with Crippen LogP contribution in [0.25, 0.3) is 0 Å².